The molecule has 2 aromatic rings. The topological polar surface area (TPSA) is 37.4 Å². The van der Waals surface area contributed by atoms with Crippen molar-refractivity contribution < 1.29 is 13.5 Å². The fourth-order valence-electron chi connectivity index (χ4n) is 3.46. The Balaban J connectivity index is 1.86. The van der Waals surface area contributed by atoms with Crippen LogP contribution in [0.3, 0.4) is 0 Å². The molecule has 26 heavy (non-hydrogen) atoms. The van der Waals surface area contributed by atoms with Crippen molar-refractivity contribution in [1.82, 2.24) is 10.3 Å². The van der Waals surface area contributed by atoms with Gasteiger partial charge in [0, 0.05) is 55.4 Å². The van der Waals surface area contributed by atoms with Gasteiger partial charge in [0.1, 0.15) is 5.75 Å². The zero-order valence-corrected chi connectivity index (χ0v) is 15.2. The number of rotatable bonds is 6. The Morgan fingerprint density at radius 3 is 2.69 bits per heavy atom. The normalized spacial score (nSPS) is 17.8. The second kappa shape index (κ2) is 8.45. The van der Waals surface area contributed by atoms with E-state index in [4.69, 9.17) is 4.74 Å². The van der Waals surface area contributed by atoms with Gasteiger partial charge in [-0.25, -0.2) is 0 Å². The van der Waals surface area contributed by atoms with Crippen LogP contribution >= 0.6 is 0 Å². The minimum absolute atomic E-state index is 0.197. The van der Waals surface area contributed by atoms with E-state index in [0.29, 0.717) is 17.5 Å². The summed E-state index contributed by atoms with van der Waals surface area (Å²) in [5, 5.41) is 3.53. The van der Waals surface area contributed by atoms with Crippen LogP contribution in [0.5, 0.6) is 5.75 Å². The number of anilines is 1. The molecule has 140 valence electrons. The summed E-state index contributed by atoms with van der Waals surface area (Å²) in [7, 11) is 0. The summed E-state index contributed by atoms with van der Waals surface area (Å²) in [6.07, 6.45) is 4.37. The summed E-state index contributed by atoms with van der Waals surface area (Å²) < 4.78 is 30.7. The third kappa shape index (κ3) is 4.69. The average Bonchev–Trinajstić information content (AvgIpc) is 2.61. The van der Waals surface area contributed by atoms with E-state index in [9.17, 15) is 8.78 Å². The molecule has 0 aliphatic carbocycles. The highest BCUT2D eigenvalue weighted by atomic mass is 19.3. The summed E-state index contributed by atoms with van der Waals surface area (Å²) >= 11 is 0. The monoisotopic (exact) mass is 361 g/mol. The van der Waals surface area contributed by atoms with Gasteiger partial charge in [-0.1, -0.05) is 13.8 Å². The van der Waals surface area contributed by atoms with Crippen molar-refractivity contribution in [2.75, 3.05) is 24.5 Å². The Morgan fingerprint density at radius 1 is 1.23 bits per heavy atom. The molecule has 2 heterocycles. The smallest absolute Gasteiger partial charge is 0.387 e. The van der Waals surface area contributed by atoms with Gasteiger partial charge < -0.3 is 15.0 Å². The first-order chi connectivity index (χ1) is 12.5. The van der Waals surface area contributed by atoms with E-state index in [0.717, 1.165) is 37.3 Å². The molecule has 4 nitrogen and oxygen atoms in total. The number of piperazine rings is 1. The molecule has 1 aromatic carbocycles. The first kappa shape index (κ1) is 18.6. The molecule has 1 N–H and O–H groups in total. The van der Waals surface area contributed by atoms with Gasteiger partial charge in [-0.15, -0.1) is 0 Å². The fourth-order valence-corrected chi connectivity index (χ4v) is 3.46. The Morgan fingerprint density at radius 2 is 2.00 bits per heavy atom. The van der Waals surface area contributed by atoms with Crippen LogP contribution in [-0.2, 0) is 0 Å². The highest BCUT2D eigenvalue weighted by molar-refractivity contribution is 5.73. The second-order valence-corrected chi connectivity index (χ2v) is 7.02. The molecule has 1 unspecified atom stereocenters. The Hall–Kier alpha value is -2.21. The Labute approximate surface area is 153 Å². The van der Waals surface area contributed by atoms with E-state index in [1.807, 2.05) is 12.1 Å². The van der Waals surface area contributed by atoms with Crippen molar-refractivity contribution in [2.45, 2.75) is 32.9 Å². The van der Waals surface area contributed by atoms with Crippen LogP contribution in [0.4, 0.5) is 14.5 Å². The van der Waals surface area contributed by atoms with Crippen molar-refractivity contribution in [2.24, 2.45) is 5.92 Å². The van der Waals surface area contributed by atoms with Gasteiger partial charge in [-0.3, -0.25) is 4.98 Å². The number of aromatic nitrogens is 1. The van der Waals surface area contributed by atoms with Gasteiger partial charge in [-0.2, -0.15) is 8.78 Å². The minimum Gasteiger partial charge on any atom is -0.434 e. The summed E-state index contributed by atoms with van der Waals surface area (Å²) in [5.41, 5.74) is 2.36. The second-order valence-electron chi connectivity index (χ2n) is 7.02. The third-order valence-corrected chi connectivity index (χ3v) is 4.55. The molecular weight excluding hydrogens is 336 g/mol. The zero-order chi connectivity index (χ0) is 18.5. The summed E-state index contributed by atoms with van der Waals surface area (Å²) in [5.74, 6) is 0.807. The molecule has 1 fully saturated rings. The molecular formula is C20H25F2N3O. The van der Waals surface area contributed by atoms with E-state index in [1.54, 1.807) is 30.6 Å². The predicted molar refractivity (Wildman–Crippen MR) is 99.8 cm³/mol. The first-order valence-corrected chi connectivity index (χ1v) is 9.00. The number of benzene rings is 1. The SMILES string of the molecule is CC(C)CC1CN(c2ccc(-c3ccncc3)c(OC(F)F)c2)CCN1. The van der Waals surface area contributed by atoms with Crippen LogP contribution in [0.2, 0.25) is 0 Å². The van der Waals surface area contributed by atoms with Crippen molar-refractivity contribution in [1.29, 1.82) is 0 Å². The molecule has 0 amide bonds. The van der Waals surface area contributed by atoms with Gasteiger partial charge in [-0.05, 0) is 42.2 Å². The molecule has 3 rings (SSSR count). The molecule has 1 atom stereocenters. The number of hydrogen-bond donors (Lipinski definition) is 1. The number of nitrogens with one attached hydrogen (secondary N) is 1. The molecule has 0 saturated carbocycles. The fraction of sp³-hybridized carbons (Fsp3) is 0.450. The van der Waals surface area contributed by atoms with Crippen LogP contribution in [0.25, 0.3) is 11.1 Å². The lowest BCUT2D eigenvalue weighted by atomic mass is 10.0. The minimum atomic E-state index is -2.86. The van der Waals surface area contributed by atoms with Crippen LogP contribution < -0.4 is 15.0 Å². The summed E-state index contributed by atoms with van der Waals surface area (Å²) in [6.45, 7) is 4.15. The summed E-state index contributed by atoms with van der Waals surface area (Å²) in [4.78, 5) is 6.21. The third-order valence-electron chi connectivity index (χ3n) is 4.55. The molecule has 1 aliphatic rings. The molecule has 0 spiro atoms. The first-order valence-electron chi connectivity index (χ1n) is 9.00. The van der Waals surface area contributed by atoms with E-state index in [-0.39, 0.29) is 5.75 Å². The number of ether oxygens (including phenoxy) is 1. The van der Waals surface area contributed by atoms with Crippen molar-refractivity contribution in [3.8, 4) is 16.9 Å². The maximum absolute atomic E-state index is 12.9. The molecule has 6 heteroatoms. The highest BCUT2D eigenvalue weighted by Gasteiger charge is 2.22. The lowest BCUT2D eigenvalue weighted by Crippen LogP contribution is -2.51. The number of pyridine rings is 1. The molecule has 1 aromatic heterocycles. The van der Waals surface area contributed by atoms with E-state index >= 15 is 0 Å². The molecule has 1 saturated heterocycles. The Bertz CT molecular complexity index is 709. The average molecular weight is 361 g/mol. The number of hydrogen-bond acceptors (Lipinski definition) is 4. The quantitative estimate of drug-likeness (QED) is 0.838. The van der Waals surface area contributed by atoms with Gasteiger partial charge in [0.15, 0.2) is 0 Å². The van der Waals surface area contributed by atoms with Gasteiger partial charge >= 0.3 is 6.61 Å². The van der Waals surface area contributed by atoms with E-state index in [2.05, 4.69) is 29.0 Å². The van der Waals surface area contributed by atoms with Crippen molar-refractivity contribution in [3.63, 3.8) is 0 Å². The lowest BCUT2D eigenvalue weighted by molar-refractivity contribution is -0.0494. The molecule has 1 aliphatic heterocycles. The maximum atomic E-state index is 12.9. The van der Waals surface area contributed by atoms with E-state index in [1.165, 1.54) is 0 Å². The number of nitrogens with zero attached hydrogens (tertiary/aromatic N) is 2. The largest absolute Gasteiger partial charge is 0.434 e. The van der Waals surface area contributed by atoms with Crippen LogP contribution in [0, 0.1) is 5.92 Å². The maximum Gasteiger partial charge on any atom is 0.387 e. The standard InChI is InChI=1S/C20H25F2N3O/c1-14(2)11-16-13-25(10-9-24-16)17-3-4-18(15-5-7-23-8-6-15)19(12-17)26-20(21)22/h3-8,12,14,16,20,24H,9-11,13H2,1-2H3. The summed E-state index contributed by atoms with van der Waals surface area (Å²) in [6, 6.07) is 9.53. The molecule has 0 radical (unpaired) electrons. The highest BCUT2D eigenvalue weighted by Crippen LogP contribution is 2.35. The van der Waals surface area contributed by atoms with E-state index < -0.39 is 6.61 Å². The van der Waals surface area contributed by atoms with Crippen molar-refractivity contribution >= 4 is 5.69 Å². The van der Waals surface area contributed by atoms with Gasteiger partial charge in [0.25, 0.3) is 0 Å². The van der Waals surface area contributed by atoms with Gasteiger partial charge in [0.2, 0.25) is 0 Å². The predicted octanol–water partition coefficient (Wildman–Crippen LogP) is 4.17. The zero-order valence-electron chi connectivity index (χ0n) is 15.2. The van der Waals surface area contributed by atoms with Gasteiger partial charge in [0.05, 0.1) is 0 Å². The molecule has 0 bridgehead atoms. The lowest BCUT2D eigenvalue weighted by Gasteiger charge is -2.36. The van der Waals surface area contributed by atoms with Crippen LogP contribution in [0.15, 0.2) is 42.7 Å². The van der Waals surface area contributed by atoms with Crippen LogP contribution in [0.1, 0.15) is 20.3 Å². The van der Waals surface area contributed by atoms with Crippen molar-refractivity contribution in [3.05, 3.63) is 42.7 Å². The van der Waals surface area contributed by atoms with Crippen LogP contribution in [-0.4, -0.2) is 37.3 Å². The Kier molecular flexibility index (Phi) is 6.04. The number of halogens is 2. The number of alkyl halides is 2.